The van der Waals surface area contributed by atoms with E-state index in [9.17, 15) is 13.2 Å². The number of anilines is 2. The van der Waals surface area contributed by atoms with Gasteiger partial charge in [-0.3, -0.25) is 14.4 Å². The molecule has 0 aliphatic carbocycles. The smallest absolute Gasteiger partial charge is 0.264 e. The van der Waals surface area contributed by atoms with Gasteiger partial charge in [0.1, 0.15) is 12.3 Å². The summed E-state index contributed by atoms with van der Waals surface area (Å²) in [7, 11) is -2.69. The van der Waals surface area contributed by atoms with Gasteiger partial charge < -0.3 is 4.74 Å². The minimum atomic E-state index is -4.10. The fourth-order valence-electron chi connectivity index (χ4n) is 2.61. The number of amides is 1. The molecular weight excluding hydrogens is 480 g/mol. The van der Waals surface area contributed by atoms with E-state index in [0.717, 1.165) is 10.1 Å². The summed E-state index contributed by atoms with van der Waals surface area (Å²) < 4.78 is 33.8. The van der Waals surface area contributed by atoms with Crippen molar-refractivity contribution >= 4 is 61.4 Å². The lowest BCUT2D eigenvalue weighted by atomic mass is 10.3. The zero-order chi connectivity index (χ0) is 22.4. The maximum absolute atomic E-state index is 13.4. The highest BCUT2D eigenvalue weighted by atomic mass is 35.5. The molecule has 0 fully saturated rings. The molecule has 0 aliphatic heterocycles. The van der Waals surface area contributed by atoms with Crippen LogP contribution in [0, 0.1) is 0 Å². The summed E-state index contributed by atoms with van der Waals surface area (Å²) in [5.41, 5.74) is 0.147. The number of thioether (sulfide) groups is 1. The van der Waals surface area contributed by atoms with Crippen molar-refractivity contribution in [2.75, 3.05) is 29.0 Å². The zero-order valence-corrected chi connectivity index (χ0v) is 19.8. The Hall–Kier alpha value is -2.34. The van der Waals surface area contributed by atoms with Crippen molar-refractivity contribution in [1.82, 2.24) is 10.2 Å². The first-order valence-corrected chi connectivity index (χ1v) is 12.6. The second-order valence-corrected chi connectivity index (χ2v) is 10.8. The van der Waals surface area contributed by atoms with E-state index >= 15 is 0 Å². The number of aromatic nitrogens is 2. The Labute approximate surface area is 193 Å². The van der Waals surface area contributed by atoms with Crippen LogP contribution in [0.15, 0.2) is 57.8 Å². The number of hydrogen-bond donors (Lipinski definition) is 1. The lowest BCUT2D eigenvalue weighted by Gasteiger charge is -2.25. The van der Waals surface area contributed by atoms with Crippen molar-refractivity contribution in [2.24, 2.45) is 0 Å². The number of sulfonamides is 1. The lowest BCUT2D eigenvalue weighted by Crippen LogP contribution is -2.38. The maximum Gasteiger partial charge on any atom is 0.264 e. The van der Waals surface area contributed by atoms with E-state index in [0.29, 0.717) is 9.36 Å². The Morgan fingerprint density at radius 1 is 1.23 bits per heavy atom. The van der Waals surface area contributed by atoms with Crippen molar-refractivity contribution in [3.8, 4) is 5.75 Å². The second-order valence-electron chi connectivity index (χ2n) is 6.00. The molecule has 0 saturated heterocycles. The van der Waals surface area contributed by atoms with Gasteiger partial charge in [-0.1, -0.05) is 59.8 Å². The number of halogens is 1. The molecule has 0 unspecified atom stereocenters. The van der Waals surface area contributed by atoms with Crippen LogP contribution in [0.2, 0.25) is 5.02 Å². The van der Waals surface area contributed by atoms with Crippen molar-refractivity contribution in [2.45, 2.75) is 16.2 Å². The quantitative estimate of drug-likeness (QED) is 0.349. The normalized spacial score (nSPS) is 11.2. The van der Waals surface area contributed by atoms with E-state index in [1.54, 1.807) is 30.3 Å². The van der Waals surface area contributed by atoms with Gasteiger partial charge in [0.25, 0.3) is 10.0 Å². The summed E-state index contributed by atoms with van der Waals surface area (Å²) in [4.78, 5) is 12.8. The Morgan fingerprint density at radius 2 is 1.97 bits per heavy atom. The molecule has 12 heteroatoms. The van der Waals surface area contributed by atoms with Gasteiger partial charge in [-0.05, 0) is 36.1 Å². The molecular formula is C19H19ClN4O4S3. The molecule has 164 valence electrons. The largest absolute Gasteiger partial charge is 0.495 e. The van der Waals surface area contributed by atoms with Gasteiger partial charge in [-0.25, -0.2) is 8.42 Å². The Balaban J connectivity index is 1.96. The molecule has 31 heavy (non-hydrogen) atoms. The first-order chi connectivity index (χ1) is 14.8. The van der Waals surface area contributed by atoms with Crippen LogP contribution in [0.3, 0.4) is 0 Å². The molecule has 0 saturated carbocycles. The Morgan fingerprint density at radius 3 is 2.65 bits per heavy atom. The zero-order valence-electron chi connectivity index (χ0n) is 16.6. The molecule has 0 bridgehead atoms. The number of carbonyl (C=O) groups is 1. The van der Waals surface area contributed by atoms with Crippen LogP contribution < -0.4 is 14.4 Å². The summed E-state index contributed by atoms with van der Waals surface area (Å²) in [6, 6.07) is 12.4. The SMILES string of the molecule is CCSc1nnc(NC(=O)CN(c2cc(Cl)ccc2OC)S(=O)(=O)c2ccccc2)s1. The fourth-order valence-corrected chi connectivity index (χ4v) is 5.88. The number of hydrogen-bond acceptors (Lipinski definition) is 8. The molecule has 0 aliphatic rings. The predicted molar refractivity (Wildman–Crippen MR) is 124 cm³/mol. The third kappa shape index (κ3) is 5.67. The number of benzene rings is 2. The van der Waals surface area contributed by atoms with E-state index in [1.165, 1.54) is 48.4 Å². The van der Waals surface area contributed by atoms with E-state index < -0.39 is 22.5 Å². The molecule has 1 aromatic heterocycles. The van der Waals surface area contributed by atoms with Gasteiger partial charge in [0.2, 0.25) is 11.0 Å². The lowest BCUT2D eigenvalue weighted by molar-refractivity contribution is -0.114. The van der Waals surface area contributed by atoms with Crippen molar-refractivity contribution in [3.63, 3.8) is 0 Å². The summed E-state index contributed by atoms with van der Waals surface area (Å²) in [5.74, 6) is 0.500. The highest BCUT2D eigenvalue weighted by molar-refractivity contribution is 8.01. The highest BCUT2D eigenvalue weighted by Crippen LogP contribution is 2.35. The van der Waals surface area contributed by atoms with Crippen LogP contribution in [-0.2, 0) is 14.8 Å². The number of carbonyl (C=O) groups excluding carboxylic acids is 1. The standard InChI is InChI=1S/C19H19ClN4O4S3/c1-3-29-19-23-22-18(30-19)21-17(25)12-24(15-11-13(20)9-10-16(15)28-2)31(26,27)14-7-5-4-6-8-14/h4-11H,3,12H2,1-2H3,(H,21,22,25). The van der Waals surface area contributed by atoms with E-state index in [1.807, 2.05) is 6.92 Å². The third-order valence-corrected chi connectivity index (χ3v) is 7.81. The highest BCUT2D eigenvalue weighted by Gasteiger charge is 2.30. The van der Waals surface area contributed by atoms with Crippen LogP contribution in [0.4, 0.5) is 10.8 Å². The van der Waals surface area contributed by atoms with Crippen LogP contribution in [0.5, 0.6) is 5.75 Å². The van der Waals surface area contributed by atoms with E-state index in [4.69, 9.17) is 16.3 Å². The van der Waals surface area contributed by atoms with Gasteiger partial charge in [-0.2, -0.15) is 0 Å². The molecule has 8 nitrogen and oxygen atoms in total. The molecule has 0 atom stereocenters. The number of nitrogens with zero attached hydrogens (tertiary/aromatic N) is 3. The first kappa shape index (κ1) is 23.3. The van der Waals surface area contributed by atoms with Gasteiger partial charge in [0.05, 0.1) is 17.7 Å². The summed E-state index contributed by atoms with van der Waals surface area (Å²) in [5, 5.41) is 11.1. The van der Waals surface area contributed by atoms with E-state index in [2.05, 4.69) is 15.5 Å². The van der Waals surface area contributed by atoms with E-state index in [-0.39, 0.29) is 21.5 Å². The predicted octanol–water partition coefficient (Wildman–Crippen LogP) is 4.15. The molecule has 1 heterocycles. The summed E-state index contributed by atoms with van der Waals surface area (Å²) in [6.45, 7) is 1.47. The van der Waals surface area contributed by atoms with Gasteiger partial charge in [0.15, 0.2) is 4.34 Å². The number of ether oxygens (including phenoxy) is 1. The monoisotopic (exact) mass is 498 g/mol. The van der Waals surface area contributed by atoms with Crippen LogP contribution in [0.25, 0.3) is 0 Å². The molecule has 0 radical (unpaired) electrons. The number of nitrogens with one attached hydrogen (secondary N) is 1. The minimum absolute atomic E-state index is 0.0300. The van der Waals surface area contributed by atoms with Crippen molar-refractivity contribution < 1.29 is 17.9 Å². The molecule has 0 spiro atoms. The maximum atomic E-state index is 13.4. The van der Waals surface area contributed by atoms with Crippen LogP contribution in [-0.4, -0.2) is 43.9 Å². The van der Waals surface area contributed by atoms with Gasteiger partial charge >= 0.3 is 0 Å². The fraction of sp³-hybridized carbons (Fsp3) is 0.211. The topological polar surface area (TPSA) is 101 Å². The van der Waals surface area contributed by atoms with Crippen LogP contribution in [0.1, 0.15) is 6.92 Å². The average Bonchev–Trinajstić information content (AvgIpc) is 3.19. The molecule has 3 aromatic rings. The van der Waals surface area contributed by atoms with Gasteiger partial charge in [-0.15, -0.1) is 10.2 Å². The third-order valence-electron chi connectivity index (χ3n) is 3.95. The number of methoxy groups -OCH3 is 1. The van der Waals surface area contributed by atoms with Crippen molar-refractivity contribution in [3.05, 3.63) is 53.6 Å². The first-order valence-electron chi connectivity index (χ1n) is 9.02. The summed E-state index contributed by atoms with van der Waals surface area (Å²) >= 11 is 8.83. The molecule has 2 aromatic carbocycles. The number of rotatable bonds is 9. The second kappa shape index (κ2) is 10.3. The molecule has 1 N–H and O–H groups in total. The Kier molecular flexibility index (Phi) is 7.76. The summed E-state index contributed by atoms with van der Waals surface area (Å²) in [6.07, 6.45) is 0. The van der Waals surface area contributed by atoms with Crippen LogP contribution >= 0.6 is 34.7 Å². The minimum Gasteiger partial charge on any atom is -0.495 e. The van der Waals surface area contributed by atoms with Gasteiger partial charge in [0, 0.05) is 5.02 Å². The van der Waals surface area contributed by atoms with Crippen molar-refractivity contribution in [1.29, 1.82) is 0 Å². The average molecular weight is 499 g/mol. The molecule has 1 amide bonds. The molecule has 3 rings (SSSR count). The Bertz CT molecular complexity index is 1160.